The van der Waals surface area contributed by atoms with E-state index in [0.29, 0.717) is 6.04 Å². The van der Waals surface area contributed by atoms with E-state index in [1.807, 2.05) is 18.2 Å². The first-order valence-electron chi connectivity index (χ1n) is 6.51. The van der Waals surface area contributed by atoms with Gasteiger partial charge in [0.2, 0.25) is 0 Å². The zero-order valence-corrected chi connectivity index (χ0v) is 11.5. The number of hydrogen-bond donors (Lipinski definition) is 2. The van der Waals surface area contributed by atoms with Gasteiger partial charge in [0.1, 0.15) is 0 Å². The van der Waals surface area contributed by atoms with Crippen molar-refractivity contribution in [3.05, 3.63) is 34.9 Å². The molecule has 1 aliphatic rings. The number of benzene rings is 1. The minimum absolute atomic E-state index is 0.148. The lowest BCUT2D eigenvalue weighted by Gasteiger charge is -2.33. The maximum absolute atomic E-state index is 8.69. The number of hydrogen-bond acceptors (Lipinski definition) is 4. The molecule has 104 valence electrons. The largest absolute Gasteiger partial charge is 0.409 e. The first-order chi connectivity index (χ1) is 9.11. The van der Waals surface area contributed by atoms with Gasteiger partial charge in [-0.25, -0.2) is 0 Å². The van der Waals surface area contributed by atoms with Crippen molar-refractivity contribution in [1.82, 2.24) is 4.90 Å². The van der Waals surface area contributed by atoms with Crippen molar-refractivity contribution in [3.8, 4) is 0 Å². The minimum atomic E-state index is 0.148. The number of ether oxygens (including phenoxy) is 1. The van der Waals surface area contributed by atoms with Crippen LogP contribution in [0.4, 0.5) is 0 Å². The molecule has 1 fully saturated rings. The van der Waals surface area contributed by atoms with Crippen LogP contribution in [0.15, 0.2) is 23.4 Å². The van der Waals surface area contributed by atoms with Crippen LogP contribution in [-0.4, -0.2) is 41.7 Å². The fourth-order valence-corrected chi connectivity index (χ4v) is 2.31. The molecule has 0 amide bonds. The predicted octanol–water partition coefficient (Wildman–Crippen LogP) is 1.31. The van der Waals surface area contributed by atoms with Crippen molar-refractivity contribution >= 4 is 5.84 Å². The third kappa shape index (κ3) is 3.24. The summed E-state index contributed by atoms with van der Waals surface area (Å²) < 4.78 is 5.44. The van der Waals surface area contributed by atoms with E-state index in [1.54, 1.807) is 0 Å². The van der Waals surface area contributed by atoms with Gasteiger partial charge < -0.3 is 15.7 Å². The number of rotatable bonds is 3. The Morgan fingerprint density at radius 1 is 1.58 bits per heavy atom. The minimum Gasteiger partial charge on any atom is -0.409 e. The van der Waals surface area contributed by atoms with Gasteiger partial charge >= 0.3 is 0 Å². The second kappa shape index (κ2) is 6.04. The lowest BCUT2D eigenvalue weighted by Crippen LogP contribution is -2.43. The first kappa shape index (κ1) is 13.8. The van der Waals surface area contributed by atoms with Crippen LogP contribution in [0.25, 0.3) is 0 Å². The van der Waals surface area contributed by atoms with Crippen LogP contribution in [-0.2, 0) is 11.3 Å². The number of oxime groups is 1. The van der Waals surface area contributed by atoms with Crippen molar-refractivity contribution in [3.63, 3.8) is 0 Å². The standard InChI is InChI=1S/C14H21N3O2/c1-10-7-12(14(15)16-18)3-4-13(10)8-17-5-6-19-9-11(17)2/h3-4,7,11,18H,5-6,8-9H2,1-2H3,(H2,15,16). The smallest absolute Gasteiger partial charge is 0.170 e. The van der Waals surface area contributed by atoms with Gasteiger partial charge in [-0.2, -0.15) is 0 Å². The highest BCUT2D eigenvalue weighted by Gasteiger charge is 2.19. The van der Waals surface area contributed by atoms with Gasteiger partial charge in [0, 0.05) is 24.7 Å². The van der Waals surface area contributed by atoms with E-state index in [1.165, 1.54) is 5.56 Å². The van der Waals surface area contributed by atoms with Crippen LogP contribution < -0.4 is 5.73 Å². The fraction of sp³-hybridized carbons (Fsp3) is 0.500. The fourth-order valence-electron chi connectivity index (χ4n) is 2.31. The van der Waals surface area contributed by atoms with E-state index in [2.05, 4.69) is 23.9 Å². The van der Waals surface area contributed by atoms with Crippen LogP contribution in [0.1, 0.15) is 23.6 Å². The van der Waals surface area contributed by atoms with E-state index < -0.39 is 0 Å². The van der Waals surface area contributed by atoms with Crippen LogP contribution in [0, 0.1) is 6.92 Å². The summed E-state index contributed by atoms with van der Waals surface area (Å²) >= 11 is 0. The number of nitrogens with two attached hydrogens (primary N) is 1. The van der Waals surface area contributed by atoms with Crippen LogP contribution in [0.2, 0.25) is 0 Å². The SMILES string of the molecule is Cc1cc(/C(N)=N/O)ccc1CN1CCOCC1C. The normalized spacial score (nSPS) is 21.6. The number of morpholine rings is 1. The van der Waals surface area contributed by atoms with Crippen molar-refractivity contribution in [1.29, 1.82) is 0 Å². The molecule has 5 heteroatoms. The molecule has 0 spiro atoms. The van der Waals surface area contributed by atoms with Gasteiger partial charge in [0.15, 0.2) is 5.84 Å². The Morgan fingerprint density at radius 3 is 3.00 bits per heavy atom. The third-order valence-electron chi connectivity index (χ3n) is 3.62. The molecule has 1 aliphatic heterocycles. The predicted molar refractivity (Wildman–Crippen MR) is 74.4 cm³/mol. The maximum Gasteiger partial charge on any atom is 0.170 e. The number of aryl methyl sites for hydroxylation is 1. The summed E-state index contributed by atoms with van der Waals surface area (Å²) in [7, 11) is 0. The zero-order chi connectivity index (χ0) is 13.8. The van der Waals surface area contributed by atoms with E-state index >= 15 is 0 Å². The Hall–Kier alpha value is -1.59. The van der Waals surface area contributed by atoms with Crippen molar-refractivity contribution in [2.45, 2.75) is 26.4 Å². The van der Waals surface area contributed by atoms with Crippen molar-refractivity contribution < 1.29 is 9.94 Å². The molecule has 0 aromatic heterocycles. The highest BCUT2D eigenvalue weighted by molar-refractivity contribution is 5.97. The van der Waals surface area contributed by atoms with Gasteiger partial charge in [-0.1, -0.05) is 17.3 Å². The molecule has 2 rings (SSSR count). The molecule has 0 radical (unpaired) electrons. The lowest BCUT2D eigenvalue weighted by atomic mass is 10.0. The van der Waals surface area contributed by atoms with E-state index in [0.717, 1.165) is 37.4 Å². The molecule has 1 atom stereocenters. The third-order valence-corrected chi connectivity index (χ3v) is 3.62. The van der Waals surface area contributed by atoms with Crippen LogP contribution in [0.3, 0.4) is 0 Å². The molecule has 1 saturated heterocycles. The first-order valence-corrected chi connectivity index (χ1v) is 6.51. The average Bonchev–Trinajstić information content (AvgIpc) is 2.42. The molecule has 5 nitrogen and oxygen atoms in total. The molecule has 0 aliphatic carbocycles. The molecule has 1 heterocycles. The average molecular weight is 263 g/mol. The molecule has 3 N–H and O–H groups in total. The molecule has 1 unspecified atom stereocenters. The van der Waals surface area contributed by atoms with Gasteiger partial charge in [-0.05, 0) is 31.0 Å². The van der Waals surface area contributed by atoms with Gasteiger partial charge in [0.25, 0.3) is 0 Å². The molecule has 19 heavy (non-hydrogen) atoms. The lowest BCUT2D eigenvalue weighted by molar-refractivity contribution is -0.00444. The Labute approximate surface area is 113 Å². The quantitative estimate of drug-likeness (QED) is 0.373. The Balaban J connectivity index is 2.12. The molecular weight excluding hydrogens is 242 g/mol. The number of amidine groups is 1. The second-order valence-electron chi connectivity index (χ2n) is 5.02. The molecule has 0 saturated carbocycles. The van der Waals surface area contributed by atoms with E-state index in [4.69, 9.17) is 15.7 Å². The Bertz CT molecular complexity index is 474. The summed E-state index contributed by atoms with van der Waals surface area (Å²) in [5.74, 6) is 0.148. The monoisotopic (exact) mass is 263 g/mol. The zero-order valence-electron chi connectivity index (χ0n) is 11.5. The molecule has 0 bridgehead atoms. The Morgan fingerprint density at radius 2 is 2.37 bits per heavy atom. The van der Waals surface area contributed by atoms with Crippen molar-refractivity contribution in [2.24, 2.45) is 10.9 Å². The van der Waals surface area contributed by atoms with E-state index in [9.17, 15) is 0 Å². The Kier molecular flexibility index (Phi) is 4.39. The molecule has 1 aromatic rings. The summed E-state index contributed by atoms with van der Waals surface area (Å²) in [6, 6.07) is 6.33. The van der Waals surface area contributed by atoms with Gasteiger partial charge in [-0.3, -0.25) is 4.90 Å². The summed E-state index contributed by atoms with van der Waals surface area (Å²) in [6.07, 6.45) is 0. The van der Waals surface area contributed by atoms with E-state index in [-0.39, 0.29) is 5.84 Å². The summed E-state index contributed by atoms with van der Waals surface area (Å²) in [5.41, 5.74) is 8.76. The summed E-state index contributed by atoms with van der Waals surface area (Å²) in [4.78, 5) is 2.41. The second-order valence-corrected chi connectivity index (χ2v) is 5.02. The van der Waals surface area contributed by atoms with Gasteiger partial charge in [-0.15, -0.1) is 0 Å². The molecule has 1 aromatic carbocycles. The van der Waals surface area contributed by atoms with Gasteiger partial charge in [0.05, 0.1) is 13.2 Å². The van der Waals surface area contributed by atoms with Crippen LogP contribution >= 0.6 is 0 Å². The summed E-state index contributed by atoms with van der Waals surface area (Å²) in [6.45, 7) is 7.69. The topological polar surface area (TPSA) is 71.1 Å². The maximum atomic E-state index is 8.69. The molecular formula is C14H21N3O2. The highest BCUT2D eigenvalue weighted by Crippen LogP contribution is 2.16. The summed E-state index contributed by atoms with van der Waals surface area (Å²) in [5, 5.41) is 11.7. The highest BCUT2D eigenvalue weighted by atomic mass is 16.5. The van der Waals surface area contributed by atoms with Crippen LogP contribution in [0.5, 0.6) is 0 Å². The number of nitrogens with zero attached hydrogens (tertiary/aromatic N) is 2. The van der Waals surface area contributed by atoms with Crippen molar-refractivity contribution in [2.75, 3.05) is 19.8 Å².